The topological polar surface area (TPSA) is 9.23 Å². The lowest BCUT2D eigenvalue weighted by molar-refractivity contribution is 0.129. The van der Waals surface area contributed by atoms with E-state index in [2.05, 4.69) is 55.5 Å². The highest BCUT2D eigenvalue weighted by atomic mass is 127. The van der Waals surface area contributed by atoms with Gasteiger partial charge in [-0.3, -0.25) is 0 Å². The molecule has 78 valence electrons. The minimum Gasteiger partial charge on any atom is -0.487 e. The van der Waals surface area contributed by atoms with Gasteiger partial charge in [0, 0.05) is 10.2 Å². The van der Waals surface area contributed by atoms with E-state index in [0.717, 1.165) is 5.75 Å². The van der Waals surface area contributed by atoms with Crippen molar-refractivity contribution < 1.29 is 4.74 Å². The van der Waals surface area contributed by atoms with Gasteiger partial charge in [0.25, 0.3) is 0 Å². The molecule has 0 aliphatic rings. The van der Waals surface area contributed by atoms with Gasteiger partial charge in [-0.2, -0.15) is 0 Å². The van der Waals surface area contributed by atoms with Crippen LogP contribution in [-0.4, -0.2) is 15.8 Å². The molecular formula is C11H17IOSi. The lowest BCUT2D eigenvalue weighted by atomic mass is 10.2. The van der Waals surface area contributed by atoms with Crippen LogP contribution in [0.5, 0.6) is 5.75 Å². The maximum absolute atomic E-state index is 5.88. The van der Waals surface area contributed by atoms with Gasteiger partial charge in [-0.05, 0) is 61.0 Å². The van der Waals surface area contributed by atoms with Crippen LogP contribution < -0.4 is 4.74 Å². The van der Waals surface area contributed by atoms with E-state index in [9.17, 15) is 0 Å². The molecule has 1 aromatic rings. The molecule has 0 atom stereocenters. The van der Waals surface area contributed by atoms with Gasteiger partial charge in [-0.15, -0.1) is 0 Å². The van der Waals surface area contributed by atoms with Crippen LogP contribution in [0.15, 0.2) is 18.2 Å². The highest BCUT2D eigenvalue weighted by Crippen LogP contribution is 2.27. The zero-order valence-corrected chi connectivity index (χ0v) is 13.4. The van der Waals surface area contributed by atoms with E-state index in [0.29, 0.717) is 0 Å². The molecule has 0 fully saturated rings. The molecule has 0 spiro atoms. The molecule has 3 heteroatoms. The fourth-order valence-corrected chi connectivity index (χ4v) is 3.40. The molecule has 0 heterocycles. The Bertz CT molecular complexity index is 318. The fourth-order valence-electron chi connectivity index (χ4n) is 1.24. The monoisotopic (exact) mass is 320 g/mol. The van der Waals surface area contributed by atoms with E-state index in [1.54, 1.807) is 0 Å². The minimum absolute atomic E-state index is 0.107. The Morgan fingerprint density at radius 1 is 1.36 bits per heavy atom. The smallest absolute Gasteiger partial charge is 0.133 e. The average Bonchev–Trinajstić information content (AvgIpc) is 2.06. The molecule has 14 heavy (non-hydrogen) atoms. The summed E-state index contributed by atoms with van der Waals surface area (Å²) in [7, 11) is 1.20. The first-order valence-electron chi connectivity index (χ1n) is 4.90. The molecular weight excluding hydrogens is 303 g/mol. The summed E-state index contributed by atoms with van der Waals surface area (Å²) < 4.78 is 7.16. The number of ether oxygens (including phenoxy) is 1. The fraction of sp³-hybridized carbons (Fsp3) is 0.455. The van der Waals surface area contributed by atoms with Crippen molar-refractivity contribution in [3.8, 4) is 5.75 Å². The van der Waals surface area contributed by atoms with Crippen molar-refractivity contribution in [1.82, 2.24) is 0 Å². The van der Waals surface area contributed by atoms with Gasteiger partial charge < -0.3 is 4.74 Å². The summed E-state index contributed by atoms with van der Waals surface area (Å²) in [5.74, 6) is 1.02. The molecule has 0 saturated carbocycles. The highest BCUT2D eigenvalue weighted by Gasteiger charge is 2.14. The average molecular weight is 320 g/mol. The van der Waals surface area contributed by atoms with Crippen LogP contribution in [0.25, 0.3) is 0 Å². The molecule has 1 rings (SSSR count). The molecule has 0 aliphatic heterocycles. The van der Waals surface area contributed by atoms with Gasteiger partial charge in [-0.25, -0.2) is 0 Å². The van der Waals surface area contributed by atoms with Gasteiger partial charge in [0.15, 0.2) is 0 Å². The summed E-state index contributed by atoms with van der Waals surface area (Å²) in [6.45, 7) is 6.24. The summed E-state index contributed by atoms with van der Waals surface area (Å²) in [4.78, 5) is 0. The number of hydrogen-bond acceptors (Lipinski definition) is 1. The van der Waals surface area contributed by atoms with Crippen molar-refractivity contribution in [3.05, 3.63) is 27.3 Å². The first-order chi connectivity index (χ1) is 6.44. The van der Waals surface area contributed by atoms with Gasteiger partial charge in [-0.1, -0.05) is 12.1 Å². The van der Waals surface area contributed by atoms with Gasteiger partial charge in [0.2, 0.25) is 0 Å². The molecule has 0 saturated heterocycles. The van der Waals surface area contributed by atoms with Gasteiger partial charge in [0.1, 0.15) is 11.4 Å². The number of benzene rings is 1. The molecule has 0 aromatic heterocycles. The van der Waals surface area contributed by atoms with E-state index >= 15 is 0 Å². The summed E-state index contributed by atoms with van der Waals surface area (Å²) >= 11 is 2.38. The van der Waals surface area contributed by atoms with E-state index in [1.165, 1.54) is 25.4 Å². The Kier molecular flexibility index (Phi) is 4.01. The first kappa shape index (κ1) is 12.0. The van der Waals surface area contributed by atoms with Crippen molar-refractivity contribution in [1.29, 1.82) is 0 Å². The molecule has 0 aliphatic carbocycles. The third-order valence-electron chi connectivity index (χ3n) is 1.84. The molecule has 0 bridgehead atoms. The summed E-state index contributed by atoms with van der Waals surface area (Å²) in [5.41, 5.74) is 1.31. The van der Waals surface area contributed by atoms with E-state index < -0.39 is 0 Å². The number of hydrogen-bond donors (Lipinski definition) is 0. The van der Waals surface area contributed by atoms with E-state index in [-0.39, 0.29) is 5.60 Å². The Morgan fingerprint density at radius 2 is 2.00 bits per heavy atom. The summed E-state index contributed by atoms with van der Waals surface area (Å²) in [6.07, 6.45) is 0. The van der Waals surface area contributed by atoms with Crippen molar-refractivity contribution in [2.24, 2.45) is 0 Å². The quantitative estimate of drug-likeness (QED) is 0.600. The van der Waals surface area contributed by atoms with Crippen LogP contribution in [0.4, 0.5) is 0 Å². The van der Waals surface area contributed by atoms with Crippen LogP contribution >= 0.6 is 22.6 Å². The zero-order chi connectivity index (χ0) is 10.8. The second-order valence-corrected chi connectivity index (χ2v) is 6.08. The third kappa shape index (κ3) is 3.27. The van der Waals surface area contributed by atoms with Crippen LogP contribution in [0.1, 0.15) is 26.3 Å². The minimum atomic E-state index is -0.107. The standard InChI is InChI=1S/C11H17IOSi/c1-11(2,3)13-9-6-4-5-8(7-14)10(9)12/h4-6H,7H2,1-3,14H3. The van der Waals surface area contributed by atoms with Gasteiger partial charge in [0.05, 0.1) is 3.57 Å². The largest absolute Gasteiger partial charge is 0.487 e. The van der Waals surface area contributed by atoms with E-state index in [1.807, 2.05) is 6.07 Å². The summed E-state index contributed by atoms with van der Waals surface area (Å²) in [6, 6.07) is 7.51. The molecule has 1 nitrogen and oxygen atoms in total. The number of halogens is 1. The lowest BCUT2D eigenvalue weighted by Gasteiger charge is -2.22. The van der Waals surface area contributed by atoms with Gasteiger partial charge >= 0.3 is 0 Å². The molecule has 1 aromatic carbocycles. The zero-order valence-electron chi connectivity index (χ0n) is 9.23. The third-order valence-corrected chi connectivity index (χ3v) is 3.83. The second kappa shape index (κ2) is 4.66. The van der Waals surface area contributed by atoms with Crippen molar-refractivity contribution in [2.75, 3.05) is 0 Å². The predicted octanol–water partition coefficient (Wildman–Crippen LogP) is 2.33. The maximum atomic E-state index is 5.88. The Morgan fingerprint density at radius 3 is 2.50 bits per heavy atom. The normalized spacial score (nSPS) is 11.7. The molecule has 0 N–H and O–H groups in total. The Balaban J connectivity index is 2.98. The molecule has 0 unspecified atom stereocenters. The van der Waals surface area contributed by atoms with Crippen molar-refractivity contribution in [3.63, 3.8) is 0 Å². The van der Waals surface area contributed by atoms with E-state index in [4.69, 9.17) is 4.74 Å². The predicted molar refractivity (Wildman–Crippen MR) is 73.2 cm³/mol. The lowest BCUT2D eigenvalue weighted by Crippen LogP contribution is -2.23. The van der Waals surface area contributed by atoms with Crippen LogP contribution in [-0.2, 0) is 6.04 Å². The first-order valence-corrected chi connectivity index (χ1v) is 7.39. The van der Waals surface area contributed by atoms with Crippen molar-refractivity contribution >= 4 is 32.8 Å². The molecule has 0 amide bonds. The van der Waals surface area contributed by atoms with Crippen molar-refractivity contribution in [2.45, 2.75) is 32.4 Å². The number of rotatable bonds is 2. The van der Waals surface area contributed by atoms with Crippen LogP contribution in [0, 0.1) is 3.57 Å². The van der Waals surface area contributed by atoms with Crippen LogP contribution in [0.3, 0.4) is 0 Å². The summed E-state index contributed by atoms with van der Waals surface area (Å²) in [5, 5.41) is 0. The SMILES string of the molecule is CC(C)(C)Oc1cccc(C[SiH3])c1I. The van der Waals surface area contributed by atoms with Crippen LogP contribution in [0.2, 0.25) is 0 Å². The molecule has 0 radical (unpaired) electrons. The Labute approximate surface area is 103 Å². The highest BCUT2D eigenvalue weighted by molar-refractivity contribution is 14.1. The maximum Gasteiger partial charge on any atom is 0.133 e. The Hall–Kier alpha value is -0.0331. The second-order valence-electron chi connectivity index (χ2n) is 4.30.